The molecule has 0 aliphatic carbocycles. The zero-order valence-electron chi connectivity index (χ0n) is 15.1. The van der Waals surface area contributed by atoms with Gasteiger partial charge in [-0.15, -0.1) is 0 Å². The molecule has 0 amide bonds. The molecule has 3 aromatic heterocycles. The van der Waals surface area contributed by atoms with Crippen LogP contribution in [0, 0.1) is 0 Å². The summed E-state index contributed by atoms with van der Waals surface area (Å²) in [7, 11) is 0. The van der Waals surface area contributed by atoms with Crippen LogP contribution in [-0.2, 0) is 6.54 Å². The van der Waals surface area contributed by atoms with E-state index in [1.807, 2.05) is 48.5 Å². The molecular formula is C20H15N7O2. The first-order valence-electron chi connectivity index (χ1n) is 8.86. The number of hydrogen-bond acceptors (Lipinski definition) is 8. The van der Waals surface area contributed by atoms with Crippen molar-refractivity contribution in [2.45, 2.75) is 6.54 Å². The van der Waals surface area contributed by atoms with Gasteiger partial charge in [-0.2, -0.15) is 15.0 Å². The fourth-order valence-corrected chi connectivity index (χ4v) is 3.10. The molecule has 0 atom stereocenters. The van der Waals surface area contributed by atoms with Crippen molar-refractivity contribution < 1.29 is 4.42 Å². The van der Waals surface area contributed by atoms with Gasteiger partial charge in [-0.3, -0.25) is 9.36 Å². The fraction of sp³-hybridized carbons (Fsp3) is 0.0500. The van der Waals surface area contributed by atoms with Crippen molar-refractivity contribution in [2.24, 2.45) is 0 Å². The summed E-state index contributed by atoms with van der Waals surface area (Å²) in [5, 5.41) is 3.87. The van der Waals surface area contributed by atoms with Crippen LogP contribution in [0.1, 0.15) is 5.82 Å². The Morgan fingerprint density at radius 1 is 1.00 bits per heavy atom. The second kappa shape index (κ2) is 6.71. The first-order valence-corrected chi connectivity index (χ1v) is 8.86. The van der Waals surface area contributed by atoms with Gasteiger partial charge in [0.15, 0.2) is 5.82 Å². The molecule has 0 radical (unpaired) electrons. The van der Waals surface area contributed by atoms with Gasteiger partial charge in [0.1, 0.15) is 11.1 Å². The monoisotopic (exact) mass is 385 g/mol. The highest BCUT2D eigenvalue weighted by molar-refractivity contribution is 6.01. The van der Waals surface area contributed by atoms with Crippen molar-refractivity contribution in [1.82, 2.24) is 24.5 Å². The Hall–Kier alpha value is -4.27. The summed E-state index contributed by atoms with van der Waals surface area (Å²) < 4.78 is 7.08. The molecule has 0 spiro atoms. The van der Waals surface area contributed by atoms with Crippen molar-refractivity contribution in [3.8, 4) is 0 Å². The molecule has 142 valence electrons. The molecule has 0 unspecified atom stereocenters. The number of nitrogens with two attached hydrogens (primary N) is 1. The van der Waals surface area contributed by atoms with Crippen LogP contribution in [0.5, 0.6) is 0 Å². The molecule has 0 bridgehead atoms. The first-order chi connectivity index (χ1) is 14.2. The Kier molecular flexibility index (Phi) is 3.91. The summed E-state index contributed by atoms with van der Waals surface area (Å²) in [6.07, 6.45) is 1.46. The number of fused-ring (bicyclic) bond motifs is 3. The molecule has 9 nitrogen and oxygen atoms in total. The summed E-state index contributed by atoms with van der Waals surface area (Å²) in [5.41, 5.74) is 7.66. The van der Waals surface area contributed by atoms with Gasteiger partial charge >= 0.3 is 0 Å². The number of furan rings is 1. The molecule has 0 aliphatic rings. The maximum absolute atomic E-state index is 12.9. The molecular weight excluding hydrogens is 370 g/mol. The van der Waals surface area contributed by atoms with Crippen LogP contribution < -0.4 is 16.6 Å². The van der Waals surface area contributed by atoms with Crippen LogP contribution in [0.2, 0.25) is 0 Å². The highest BCUT2D eigenvalue weighted by Crippen LogP contribution is 2.24. The summed E-state index contributed by atoms with van der Waals surface area (Å²) in [5.74, 6) is 0.680. The zero-order valence-corrected chi connectivity index (χ0v) is 15.1. The smallest absolute Gasteiger partial charge is 0.297 e. The predicted octanol–water partition coefficient (Wildman–Crippen LogP) is 2.70. The molecule has 29 heavy (non-hydrogen) atoms. The molecule has 2 aromatic carbocycles. The van der Waals surface area contributed by atoms with Crippen molar-refractivity contribution >= 4 is 39.7 Å². The molecule has 0 fully saturated rings. The van der Waals surface area contributed by atoms with Gasteiger partial charge in [0, 0.05) is 11.1 Å². The van der Waals surface area contributed by atoms with Crippen LogP contribution in [0.3, 0.4) is 0 Å². The van der Waals surface area contributed by atoms with Crippen LogP contribution in [-0.4, -0.2) is 24.5 Å². The van der Waals surface area contributed by atoms with Gasteiger partial charge in [0.2, 0.25) is 17.5 Å². The molecule has 5 aromatic rings. The third-order valence-corrected chi connectivity index (χ3v) is 4.39. The number of nitrogens with one attached hydrogen (secondary N) is 1. The SMILES string of the molecule is Nc1nc(Cn2cnc3c(oc4ccccc43)c2=O)nc(Nc2ccccc2)n1. The Bertz CT molecular complexity index is 1390. The molecule has 3 heterocycles. The standard InChI is InChI=1S/C20H15N7O2/c21-19-24-15(25-20(26-19)23-12-6-2-1-3-7-12)10-27-11-22-16-13-8-4-5-9-14(13)29-17(16)18(27)28/h1-9,11H,10H2,(H3,21,23,24,25,26). The zero-order chi connectivity index (χ0) is 19.8. The number of para-hydroxylation sites is 2. The summed E-state index contributed by atoms with van der Waals surface area (Å²) >= 11 is 0. The lowest BCUT2D eigenvalue weighted by Gasteiger charge is -2.08. The Labute approximate surface area is 163 Å². The maximum Gasteiger partial charge on any atom is 0.297 e. The number of nitrogens with zero attached hydrogens (tertiary/aromatic N) is 5. The average Bonchev–Trinajstić information content (AvgIpc) is 3.10. The van der Waals surface area contributed by atoms with Gasteiger partial charge in [-0.1, -0.05) is 30.3 Å². The van der Waals surface area contributed by atoms with Crippen LogP contribution in [0.25, 0.3) is 22.1 Å². The summed E-state index contributed by atoms with van der Waals surface area (Å²) in [6.45, 7) is 0.0784. The summed E-state index contributed by atoms with van der Waals surface area (Å²) in [4.78, 5) is 29.8. The number of benzene rings is 2. The quantitative estimate of drug-likeness (QED) is 0.484. The molecule has 9 heteroatoms. The Morgan fingerprint density at radius 3 is 2.66 bits per heavy atom. The average molecular weight is 385 g/mol. The van der Waals surface area contributed by atoms with E-state index in [9.17, 15) is 4.79 Å². The van der Waals surface area contributed by atoms with Gasteiger partial charge in [-0.25, -0.2) is 4.98 Å². The number of aromatic nitrogens is 5. The largest absolute Gasteiger partial charge is 0.448 e. The van der Waals surface area contributed by atoms with Gasteiger partial charge in [0.25, 0.3) is 5.56 Å². The number of rotatable bonds is 4. The molecule has 0 saturated carbocycles. The van der Waals surface area contributed by atoms with E-state index in [1.54, 1.807) is 6.07 Å². The van der Waals surface area contributed by atoms with Crippen LogP contribution in [0.15, 0.2) is 70.1 Å². The maximum atomic E-state index is 12.9. The number of hydrogen-bond donors (Lipinski definition) is 2. The lowest BCUT2D eigenvalue weighted by molar-refractivity contribution is 0.636. The van der Waals surface area contributed by atoms with E-state index in [0.717, 1.165) is 11.1 Å². The van der Waals surface area contributed by atoms with Crippen LogP contribution >= 0.6 is 0 Å². The van der Waals surface area contributed by atoms with E-state index >= 15 is 0 Å². The van der Waals surface area contributed by atoms with Crippen LogP contribution in [0.4, 0.5) is 17.6 Å². The molecule has 5 rings (SSSR count). The van der Waals surface area contributed by atoms with Crippen molar-refractivity contribution in [3.05, 3.63) is 77.1 Å². The fourth-order valence-electron chi connectivity index (χ4n) is 3.10. The van der Waals surface area contributed by atoms with E-state index in [0.29, 0.717) is 22.9 Å². The highest BCUT2D eigenvalue weighted by Gasteiger charge is 2.14. The lowest BCUT2D eigenvalue weighted by Crippen LogP contribution is -2.22. The minimum atomic E-state index is -0.317. The predicted molar refractivity (Wildman–Crippen MR) is 109 cm³/mol. The lowest BCUT2D eigenvalue weighted by atomic mass is 10.2. The minimum absolute atomic E-state index is 0.0549. The molecule has 0 aliphatic heterocycles. The minimum Gasteiger partial charge on any atom is -0.448 e. The molecule has 0 saturated heterocycles. The van der Waals surface area contributed by atoms with E-state index in [1.165, 1.54) is 10.9 Å². The first kappa shape index (κ1) is 16.9. The van der Waals surface area contributed by atoms with Crippen molar-refractivity contribution in [3.63, 3.8) is 0 Å². The van der Waals surface area contributed by atoms with E-state index in [-0.39, 0.29) is 23.6 Å². The Balaban J connectivity index is 1.51. The number of anilines is 3. The normalized spacial score (nSPS) is 11.2. The topological polar surface area (TPSA) is 125 Å². The van der Waals surface area contributed by atoms with E-state index in [4.69, 9.17) is 10.2 Å². The van der Waals surface area contributed by atoms with E-state index in [2.05, 4.69) is 25.3 Å². The van der Waals surface area contributed by atoms with Gasteiger partial charge in [-0.05, 0) is 24.3 Å². The molecule has 3 N–H and O–H groups in total. The second-order valence-corrected chi connectivity index (χ2v) is 6.38. The third-order valence-electron chi connectivity index (χ3n) is 4.39. The van der Waals surface area contributed by atoms with Gasteiger partial charge in [0.05, 0.1) is 12.9 Å². The van der Waals surface area contributed by atoms with Crippen molar-refractivity contribution in [2.75, 3.05) is 11.1 Å². The summed E-state index contributed by atoms with van der Waals surface area (Å²) in [6, 6.07) is 16.8. The van der Waals surface area contributed by atoms with E-state index < -0.39 is 0 Å². The third kappa shape index (κ3) is 3.14. The number of nitrogen functional groups attached to an aromatic ring is 1. The highest BCUT2D eigenvalue weighted by atomic mass is 16.3. The Morgan fingerprint density at radius 2 is 1.79 bits per heavy atom. The second-order valence-electron chi connectivity index (χ2n) is 6.38. The van der Waals surface area contributed by atoms with Crippen molar-refractivity contribution in [1.29, 1.82) is 0 Å². The van der Waals surface area contributed by atoms with Gasteiger partial charge < -0.3 is 15.5 Å².